The summed E-state index contributed by atoms with van der Waals surface area (Å²) in [5, 5.41) is 11.7. The molecular weight excluding hydrogens is 343 g/mol. The highest BCUT2D eigenvalue weighted by atomic mass is 19.4. The number of nitriles is 1. The molecule has 0 heterocycles. The second-order valence-electron chi connectivity index (χ2n) is 5.96. The molecule has 136 valence electrons. The zero-order chi connectivity index (χ0) is 19.3. The van der Waals surface area contributed by atoms with Crippen LogP contribution in [-0.2, 0) is 12.7 Å². The number of carbonyl (C=O) groups excluding carboxylic acids is 1. The van der Waals surface area contributed by atoms with Crippen molar-refractivity contribution in [2.45, 2.75) is 25.7 Å². The summed E-state index contributed by atoms with van der Waals surface area (Å²) in [6.07, 6.45) is -4.39. The number of hydrogen-bond donors (Lipinski definition) is 1. The molecule has 1 unspecified atom stereocenters. The minimum Gasteiger partial charge on any atom is -0.331 e. The highest BCUT2D eigenvalue weighted by molar-refractivity contribution is 5.74. The number of halogens is 3. The maximum Gasteiger partial charge on any atom is 0.416 e. The van der Waals surface area contributed by atoms with Crippen molar-refractivity contribution in [3.63, 3.8) is 0 Å². The van der Waals surface area contributed by atoms with Crippen molar-refractivity contribution in [1.29, 1.82) is 5.26 Å². The van der Waals surface area contributed by atoms with Crippen LogP contribution in [-0.4, -0.2) is 18.0 Å². The van der Waals surface area contributed by atoms with Crippen LogP contribution in [0.4, 0.5) is 18.0 Å². The first kappa shape index (κ1) is 19.3. The smallest absolute Gasteiger partial charge is 0.331 e. The van der Waals surface area contributed by atoms with Crippen LogP contribution in [0.1, 0.15) is 35.2 Å². The quantitative estimate of drug-likeness (QED) is 0.873. The van der Waals surface area contributed by atoms with Crippen LogP contribution >= 0.6 is 0 Å². The van der Waals surface area contributed by atoms with Gasteiger partial charge in [-0.15, -0.1) is 0 Å². The van der Waals surface area contributed by atoms with Crippen molar-refractivity contribution in [2.24, 2.45) is 0 Å². The van der Waals surface area contributed by atoms with E-state index in [0.29, 0.717) is 17.7 Å². The molecule has 0 aliphatic carbocycles. The molecule has 0 radical (unpaired) electrons. The molecule has 0 fully saturated rings. The average molecular weight is 361 g/mol. The highest BCUT2D eigenvalue weighted by Gasteiger charge is 2.30. The number of amides is 2. The molecule has 0 saturated carbocycles. The number of alkyl halides is 3. The fraction of sp³-hybridized carbons (Fsp3) is 0.263. The predicted molar refractivity (Wildman–Crippen MR) is 91.0 cm³/mol. The summed E-state index contributed by atoms with van der Waals surface area (Å²) >= 11 is 0. The minimum atomic E-state index is -4.39. The largest absolute Gasteiger partial charge is 0.416 e. The van der Waals surface area contributed by atoms with E-state index >= 15 is 0 Å². The van der Waals surface area contributed by atoms with Crippen LogP contribution in [0, 0.1) is 11.3 Å². The first-order chi connectivity index (χ1) is 12.2. The number of benzene rings is 2. The Morgan fingerprint density at radius 2 is 1.88 bits per heavy atom. The number of nitrogens with one attached hydrogen (secondary N) is 1. The van der Waals surface area contributed by atoms with Crippen molar-refractivity contribution in [1.82, 2.24) is 10.2 Å². The van der Waals surface area contributed by atoms with Gasteiger partial charge >= 0.3 is 12.2 Å². The van der Waals surface area contributed by atoms with E-state index < -0.39 is 17.8 Å². The van der Waals surface area contributed by atoms with Gasteiger partial charge in [-0.05, 0) is 42.3 Å². The normalized spacial score (nSPS) is 12.2. The Balaban J connectivity index is 1.98. The Morgan fingerprint density at radius 3 is 2.46 bits per heavy atom. The average Bonchev–Trinajstić information content (AvgIpc) is 2.61. The maximum absolute atomic E-state index is 12.6. The van der Waals surface area contributed by atoms with Crippen molar-refractivity contribution in [3.8, 4) is 6.07 Å². The molecular formula is C19H18F3N3O. The lowest BCUT2D eigenvalue weighted by Gasteiger charge is -2.22. The number of carbonyl (C=O) groups is 1. The summed E-state index contributed by atoms with van der Waals surface area (Å²) in [4.78, 5) is 13.7. The van der Waals surface area contributed by atoms with Gasteiger partial charge < -0.3 is 10.2 Å². The van der Waals surface area contributed by atoms with Crippen LogP contribution in [0.2, 0.25) is 0 Å². The first-order valence-corrected chi connectivity index (χ1v) is 7.88. The van der Waals surface area contributed by atoms with Crippen LogP contribution in [0.25, 0.3) is 0 Å². The molecule has 7 heteroatoms. The second kappa shape index (κ2) is 7.91. The number of hydrogen-bond acceptors (Lipinski definition) is 2. The molecule has 0 saturated heterocycles. The summed E-state index contributed by atoms with van der Waals surface area (Å²) in [6, 6.07) is 12.8. The Hall–Kier alpha value is -3.01. The molecule has 1 N–H and O–H groups in total. The molecule has 0 aliphatic rings. The standard InChI is InChI=1S/C19H18F3N3O/c1-13(16-6-8-17(9-7-16)19(20,21)22)24-18(26)25(2)12-15-5-3-4-14(10-15)11-23/h3-10,13H,12H2,1-2H3,(H,24,26). The molecule has 4 nitrogen and oxygen atoms in total. The Bertz CT molecular complexity index is 810. The van der Waals surface area contributed by atoms with Gasteiger partial charge in [-0.2, -0.15) is 18.4 Å². The third kappa shape index (κ3) is 4.99. The molecule has 0 spiro atoms. The third-order valence-electron chi connectivity index (χ3n) is 3.90. The van der Waals surface area contributed by atoms with Crippen LogP contribution in [0.15, 0.2) is 48.5 Å². The Kier molecular flexibility index (Phi) is 5.88. The summed E-state index contributed by atoms with van der Waals surface area (Å²) in [7, 11) is 1.61. The van der Waals surface area contributed by atoms with E-state index in [1.165, 1.54) is 17.0 Å². The van der Waals surface area contributed by atoms with Crippen LogP contribution in [0.5, 0.6) is 0 Å². The van der Waals surface area contributed by atoms with Gasteiger partial charge in [0.05, 0.1) is 23.2 Å². The summed E-state index contributed by atoms with van der Waals surface area (Å²) in [5.41, 5.74) is 1.17. The van der Waals surface area contributed by atoms with E-state index in [0.717, 1.165) is 17.7 Å². The van der Waals surface area contributed by atoms with E-state index in [1.807, 2.05) is 12.1 Å². The topological polar surface area (TPSA) is 56.1 Å². The van der Waals surface area contributed by atoms with Crippen molar-refractivity contribution >= 4 is 6.03 Å². The van der Waals surface area contributed by atoms with Gasteiger partial charge in [0.1, 0.15) is 0 Å². The third-order valence-corrected chi connectivity index (χ3v) is 3.90. The van der Waals surface area contributed by atoms with Gasteiger partial charge in [-0.1, -0.05) is 24.3 Å². The predicted octanol–water partition coefficient (Wildman–Crippen LogP) is 4.48. The van der Waals surface area contributed by atoms with E-state index in [1.54, 1.807) is 32.2 Å². The molecule has 0 bridgehead atoms. The molecule has 0 aromatic heterocycles. The van der Waals surface area contributed by atoms with Gasteiger partial charge in [-0.25, -0.2) is 4.79 Å². The molecule has 2 aromatic carbocycles. The van der Waals surface area contributed by atoms with Crippen molar-refractivity contribution in [3.05, 3.63) is 70.8 Å². The molecule has 26 heavy (non-hydrogen) atoms. The van der Waals surface area contributed by atoms with Gasteiger partial charge in [0, 0.05) is 13.6 Å². The lowest BCUT2D eigenvalue weighted by molar-refractivity contribution is -0.137. The van der Waals surface area contributed by atoms with Crippen molar-refractivity contribution in [2.75, 3.05) is 7.05 Å². The van der Waals surface area contributed by atoms with Crippen LogP contribution < -0.4 is 5.32 Å². The zero-order valence-electron chi connectivity index (χ0n) is 14.3. The highest BCUT2D eigenvalue weighted by Crippen LogP contribution is 2.29. The number of nitrogens with zero attached hydrogens (tertiary/aromatic N) is 2. The number of rotatable bonds is 4. The van der Waals surface area contributed by atoms with Gasteiger partial charge in [0.25, 0.3) is 0 Å². The van der Waals surface area contributed by atoms with Crippen LogP contribution in [0.3, 0.4) is 0 Å². The summed E-state index contributed by atoms with van der Waals surface area (Å²) in [5.74, 6) is 0. The fourth-order valence-electron chi connectivity index (χ4n) is 2.42. The Labute approximate surface area is 149 Å². The molecule has 0 aliphatic heterocycles. The maximum atomic E-state index is 12.6. The molecule has 2 amide bonds. The number of urea groups is 1. The van der Waals surface area contributed by atoms with Gasteiger partial charge in [0.2, 0.25) is 0 Å². The lowest BCUT2D eigenvalue weighted by atomic mass is 10.1. The molecule has 1 atom stereocenters. The fourth-order valence-corrected chi connectivity index (χ4v) is 2.42. The lowest BCUT2D eigenvalue weighted by Crippen LogP contribution is -2.38. The zero-order valence-corrected chi connectivity index (χ0v) is 14.3. The van der Waals surface area contributed by atoms with E-state index in [9.17, 15) is 18.0 Å². The molecule has 2 aromatic rings. The van der Waals surface area contributed by atoms with Gasteiger partial charge in [-0.3, -0.25) is 0 Å². The minimum absolute atomic E-state index is 0.307. The van der Waals surface area contributed by atoms with Gasteiger partial charge in [0.15, 0.2) is 0 Å². The van der Waals surface area contributed by atoms with E-state index in [-0.39, 0.29) is 6.03 Å². The van der Waals surface area contributed by atoms with E-state index in [2.05, 4.69) is 5.32 Å². The van der Waals surface area contributed by atoms with E-state index in [4.69, 9.17) is 5.26 Å². The SMILES string of the molecule is CC(NC(=O)N(C)Cc1cccc(C#N)c1)c1ccc(C(F)(F)F)cc1. The first-order valence-electron chi connectivity index (χ1n) is 7.88. The molecule has 2 rings (SSSR count). The monoisotopic (exact) mass is 361 g/mol. The second-order valence-corrected chi connectivity index (χ2v) is 5.96. The summed E-state index contributed by atoms with van der Waals surface area (Å²) < 4.78 is 37.8. The van der Waals surface area contributed by atoms with Crippen molar-refractivity contribution < 1.29 is 18.0 Å². The Morgan fingerprint density at radius 1 is 1.23 bits per heavy atom. The summed E-state index contributed by atoms with van der Waals surface area (Å²) in [6.45, 7) is 2.01.